The molecule has 2 aliphatic heterocycles. The monoisotopic (exact) mass is 376 g/mol. The van der Waals surface area contributed by atoms with Gasteiger partial charge in [-0.1, -0.05) is 5.16 Å². The smallest absolute Gasteiger partial charge is 0.254 e. The molecule has 1 unspecified atom stereocenters. The molecule has 0 fully saturated rings. The van der Waals surface area contributed by atoms with Gasteiger partial charge in [-0.3, -0.25) is 4.79 Å². The first kappa shape index (κ1) is 17.1. The number of benzene rings is 2. The zero-order valence-corrected chi connectivity index (χ0v) is 13.9. The van der Waals surface area contributed by atoms with Gasteiger partial charge in [-0.15, -0.1) is 0 Å². The quantitative estimate of drug-likeness (QED) is 0.865. The van der Waals surface area contributed by atoms with Crippen molar-refractivity contribution in [1.82, 2.24) is 0 Å². The van der Waals surface area contributed by atoms with Crippen molar-refractivity contribution in [2.75, 3.05) is 13.4 Å². The lowest BCUT2D eigenvalue weighted by molar-refractivity contribution is 0.0458. The lowest BCUT2D eigenvalue weighted by Crippen LogP contribution is -2.20. The third-order valence-electron chi connectivity index (χ3n) is 4.17. The van der Waals surface area contributed by atoms with Gasteiger partial charge < -0.3 is 24.8 Å². The maximum absolute atomic E-state index is 14.2. The first-order chi connectivity index (χ1) is 13.0. The number of amides is 1. The standard InChI is InChI=1S/C18H14F2N2O5/c19-11-2-4-14(17(20)16(11)18(21)23)24-7-10-6-12(22-27-10)9-1-3-13-15(5-9)26-8-25-13/h1-5,10H,6-8H2,(H2,21,23). The molecule has 0 radical (unpaired) electrons. The molecule has 140 valence electrons. The van der Waals surface area contributed by atoms with Gasteiger partial charge in [0, 0.05) is 12.0 Å². The van der Waals surface area contributed by atoms with Crippen molar-refractivity contribution in [3.8, 4) is 17.2 Å². The van der Waals surface area contributed by atoms with Crippen LogP contribution in [0.4, 0.5) is 8.78 Å². The second-order valence-electron chi connectivity index (χ2n) is 5.95. The molecule has 1 atom stereocenters. The van der Waals surface area contributed by atoms with Crippen LogP contribution in [-0.2, 0) is 4.84 Å². The van der Waals surface area contributed by atoms with Crippen molar-refractivity contribution in [3.05, 3.63) is 53.1 Å². The molecule has 7 nitrogen and oxygen atoms in total. The number of nitrogens with two attached hydrogens (primary N) is 1. The fourth-order valence-electron chi connectivity index (χ4n) is 2.82. The van der Waals surface area contributed by atoms with Gasteiger partial charge in [0.1, 0.15) is 18.0 Å². The molecule has 0 saturated heterocycles. The minimum Gasteiger partial charge on any atom is -0.486 e. The van der Waals surface area contributed by atoms with Crippen LogP contribution in [0, 0.1) is 11.6 Å². The number of nitrogens with zero attached hydrogens (tertiary/aromatic N) is 1. The lowest BCUT2D eigenvalue weighted by atomic mass is 10.0. The first-order valence-corrected chi connectivity index (χ1v) is 8.06. The van der Waals surface area contributed by atoms with E-state index in [0.717, 1.165) is 17.7 Å². The summed E-state index contributed by atoms with van der Waals surface area (Å²) in [7, 11) is 0. The fourth-order valence-corrected chi connectivity index (χ4v) is 2.82. The second-order valence-corrected chi connectivity index (χ2v) is 5.95. The summed E-state index contributed by atoms with van der Waals surface area (Å²) in [5.41, 5.74) is 5.64. The highest BCUT2D eigenvalue weighted by atomic mass is 19.1. The molecule has 2 aromatic rings. The number of carbonyl (C=O) groups is 1. The maximum Gasteiger partial charge on any atom is 0.254 e. The predicted molar refractivity (Wildman–Crippen MR) is 89.0 cm³/mol. The number of hydrogen-bond donors (Lipinski definition) is 1. The molecular formula is C18H14F2N2O5. The maximum atomic E-state index is 14.2. The second kappa shape index (κ2) is 6.75. The molecular weight excluding hydrogens is 362 g/mol. The lowest BCUT2D eigenvalue weighted by Gasteiger charge is -2.12. The molecule has 0 aliphatic carbocycles. The van der Waals surface area contributed by atoms with E-state index in [1.165, 1.54) is 0 Å². The Hall–Kier alpha value is -3.36. The number of ether oxygens (including phenoxy) is 3. The molecule has 0 aromatic heterocycles. The summed E-state index contributed by atoms with van der Waals surface area (Å²) in [5, 5.41) is 4.02. The van der Waals surface area contributed by atoms with Crippen LogP contribution in [0.2, 0.25) is 0 Å². The van der Waals surface area contributed by atoms with Crippen LogP contribution < -0.4 is 19.9 Å². The number of primary amides is 1. The predicted octanol–water partition coefficient (Wildman–Crippen LogP) is 2.36. The molecule has 2 aliphatic rings. The highest BCUT2D eigenvalue weighted by Crippen LogP contribution is 2.33. The largest absolute Gasteiger partial charge is 0.486 e. The zero-order chi connectivity index (χ0) is 19.0. The van der Waals surface area contributed by atoms with E-state index in [9.17, 15) is 13.6 Å². The molecule has 2 heterocycles. The Morgan fingerprint density at radius 1 is 1.22 bits per heavy atom. The van der Waals surface area contributed by atoms with Gasteiger partial charge >= 0.3 is 0 Å². The summed E-state index contributed by atoms with van der Waals surface area (Å²) in [6, 6.07) is 7.42. The van der Waals surface area contributed by atoms with E-state index < -0.39 is 29.2 Å². The molecule has 9 heteroatoms. The normalized spacial score (nSPS) is 17.4. The van der Waals surface area contributed by atoms with E-state index in [-0.39, 0.29) is 19.1 Å². The average molecular weight is 376 g/mol. The van der Waals surface area contributed by atoms with Gasteiger partial charge in [0.05, 0.1) is 5.71 Å². The van der Waals surface area contributed by atoms with Crippen LogP contribution in [0.25, 0.3) is 0 Å². The minimum atomic E-state index is -1.21. The van der Waals surface area contributed by atoms with Crippen LogP contribution in [0.5, 0.6) is 17.2 Å². The number of fused-ring (bicyclic) bond motifs is 1. The van der Waals surface area contributed by atoms with Gasteiger partial charge in [-0.2, -0.15) is 0 Å². The Morgan fingerprint density at radius 3 is 2.85 bits per heavy atom. The summed E-state index contributed by atoms with van der Waals surface area (Å²) in [5.74, 6) is -2.39. The molecule has 4 rings (SSSR count). The van der Waals surface area contributed by atoms with Crippen molar-refractivity contribution < 1.29 is 32.6 Å². The summed E-state index contributed by atoms with van der Waals surface area (Å²) < 4.78 is 43.6. The summed E-state index contributed by atoms with van der Waals surface area (Å²) in [6.45, 7) is 0.132. The van der Waals surface area contributed by atoms with E-state index in [2.05, 4.69) is 5.16 Å². The Labute approximate surface area is 152 Å². The van der Waals surface area contributed by atoms with Crippen molar-refractivity contribution in [1.29, 1.82) is 0 Å². The molecule has 0 spiro atoms. The van der Waals surface area contributed by atoms with E-state index in [0.29, 0.717) is 23.6 Å². The summed E-state index contributed by atoms with van der Waals surface area (Å²) in [4.78, 5) is 16.5. The molecule has 27 heavy (non-hydrogen) atoms. The molecule has 0 bridgehead atoms. The summed E-state index contributed by atoms with van der Waals surface area (Å²) >= 11 is 0. The first-order valence-electron chi connectivity index (χ1n) is 8.06. The van der Waals surface area contributed by atoms with Crippen LogP contribution in [0.15, 0.2) is 35.5 Å². The Morgan fingerprint density at radius 2 is 2.04 bits per heavy atom. The SMILES string of the molecule is NC(=O)c1c(F)ccc(OCC2CC(c3ccc4c(c3)OCO4)=NO2)c1F. The van der Waals surface area contributed by atoms with Gasteiger partial charge in [-0.25, -0.2) is 8.78 Å². The van der Waals surface area contributed by atoms with Gasteiger partial charge in [0.25, 0.3) is 5.91 Å². The third-order valence-corrected chi connectivity index (χ3v) is 4.17. The third kappa shape index (κ3) is 3.23. The highest BCUT2D eigenvalue weighted by Gasteiger charge is 2.26. The van der Waals surface area contributed by atoms with E-state index >= 15 is 0 Å². The average Bonchev–Trinajstić information content (AvgIpc) is 3.29. The van der Waals surface area contributed by atoms with Gasteiger partial charge in [-0.05, 0) is 30.3 Å². The van der Waals surface area contributed by atoms with Crippen LogP contribution in [-0.4, -0.2) is 31.1 Å². The van der Waals surface area contributed by atoms with E-state index in [1.54, 1.807) is 12.1 Å². The van der Waals surface area contributed by atoms with Crippen LogP contribution in [0.3, 0.4) is 0 Å². The Balaban J connectivity index is 1.40. The number of oxime groups is 1. The van der Waals surface area contributed by atoms with Crippen molar-refractivity contribution in [2.45, 2.75) is 12.5 Å². The van der Waals surface area contributed by atoms with Gasteiger partial charge in [0.2, 0.25) is 6.79 Å². The molecule has 0 saturated carbocycles. The highest BCUT2D eigenvalue weighted by molar-refractivity contribution is 6.01. The van der Waals surface area contributed by atoms with Crippen molar-refractivity contribution >= 4 is 11.6 Å². The van der Waals surface area contributed by atoms with Crippen molar-refractivity contribution in [3.63, 3.8) is 0 Å². The van der Waals surface area contributed by atoms with Gasteiger partial charge in [0.15, 0.2) is 29.2 Å². The zero-order valence-electron chi connectivity index (χ0n) is 13.9. The van der Waals surface area contributed by atoms with Crippen LogP contribution >= 0.6 is 0 Å². The van der Waals surface area contributed by atoms with Crippen molar-refractivity contribution in [2.24, 2.45) is 10.9 Å². The van der Waals surface area contributed by atoms with Crippen LogP contribution in [0.1, 0.15) is 22.3 Å². The molecule has 2 N–H and O–H groups in total. The minimum absolute atomic E-state index is 0.0433. The number of rotatable bonds is 5. The fraction of sp³-hybridized carbons (Fsp3) is 0.222. The Kier molecular flexibility index (Phi) is 4.27. The topological polar surface area (TPSA) is 92.4 Å². The Bertz CT molecular complexity index is 948. The van der Waals surface area contributed by atoms with E-state index in [4.69, 9.17) is 24.8 Å². The summed E-state index contributed by atoms with van der Waals surface area (Å²) in [6.07, 6.45) is -0.0441. The van der Waals surface area contributed by atoms with E-state index in [1.807, 2.05) is 6.07 Å². The molecule has 1 amide bonds. The number of hydrogen-bond acceptors (Lipinski definition) is 6. The number of carbonyl (C=O) groups excluding carboxylic acids is 1. The molecule has 2 aromatic carbocycles. The number of halogens is 2.